The third-order valence-corrected chi connectivity index (χ3v) is 4.10. The molecule has 0 radical (unpaired) electrons. The van der Waals surface area contributed by atoms with Crippen molar-refractivity contribution in [3.8, 4) is 0 Å². The van der Waals surface area contributed by atoms with Crippen molar-refractivity contribution in [1.29, 1.82) is 0 Å². The molecule has 0 N–H and O–H groups in total. The summed E-state index contributed by atoms with van der Waals surface area (Å²) < 4.78 is 0. The largest absolute Gasteiger partial charge is 0.358 e. The van der Waals surface area contributed by atoms with Gasteiger partial charge >= 0.3 is 0 Å². The number of nitrogens with zero attached hydrogens (tertiary/aromatic N) is 3. The van der Waals surface area contributed by atoms with Crippen molar-refractivity contribution < 1.29 is 0 Å². The highest BCUT2D eigenvalue weighted by atomic mass is 15.4. The molecule has 0 aliphatic carbocycles. The van der Waals surface area contributed by atoms with E-state index in [0.29, 0.717) is 0 Å². The Morgan fingerprint density at radius 2 is 1.75 bits per heavy atom. The lowest BCUT2D eigenvalue weighted by atomic mass is 10.2. The number of rotatable bonds is 3. The van der Waals surface area contributed by atoms with E-state index in [0.717, 1.165) is 39.3 Å². The van der Waals surface area contributed by atoms with Crippen molar-refractivity contribution in [1.82, 2.24) is 14.7 Å². The van der Waals surface area contributed by atoms with E-state index in [1.807, 2.05) is 0 Å². The number of hydrogen-bond donors (Lipinski definition) is 0. The first-order valence-electron chi connectivity index (χ1n) is 7.42. The Bertz CT molecular complexity index is 484. The molecule has 3 rings (SSSR count). The fraction of sp³-hybridized carbons (Fsp3) is 0.412. The fourth-order valence-corrected chi connectivity index (χ4v) is 2.92. The number of hydrogen-bond acceptors (Lipinski definition) is 3. The molecule has 3 nitrogen and oxygen atoms in total. The van der Waals surface area contributed by atoms with Crippen LogP contribution in [0.3, 0.4) is 0 Å². The molecule has 0 unspecified atom stereocenters. The Morgan fingerprint density at radius 3 is 2.45 bits per heavy atom. The number of likely N-dealkylation sites (N-methyl/N-ethyl adjacent to an activating group) is 1. The molecule has 0 atom stereocenters. The van der Waals surface area contributed by atoms with Gasteiger partial charge < -0.3 is 9.80 Å². The van der Waals surface area contributed by atoms with E-state index in [1.165, 1.54) is 11.4 Å². The molecule has 2 aliphatic heterocycles. The topological polar surface area (TPSA) is 9.72 Å². The second-order valence-electron chi connectivity index (χ2n) is 5.58. The van der Waals surface area contributed by atoms with Crippen molar-refractivity contribution in [2.24, 2.45) is 0 Å². The van der Waals surface area contributed by atoms with Crippen molar-refractivity contribution in [3.05, 3.63) is 59.9 Å². The van der Waals surface area contributed by atoms with Crippen molar-refractivity contribution in [3.63, 3.8) is 0 Å². The summed E-state index contributed by atoms with van der Waals surface area (Å²) in [6, 6.07) is 10.8. The summed E-state index contributed by atoms with van der Waals surface area (Å²) in [6.45, 7) is 6.63. The van der Waals surface area contributed by atoms with Crippen LogP contribution in [0.2, 0.25) is 0 Å². The van der Waals surface area contributed by atoms with E-state index >= 15 is 0 Å². The third-order valence-electron chi connectivity index (χ3n) is 4.10. The lowest BCUT2D eigenvalue weighted by molar-refractivity contribution is 0.126. The van der Waals surface area contributed by atoms with Crippen LogP contribution in [-0.2, 0) is 6.54 Å². The molecule has 0 saturated carbocycles. The van der Waals surface area contributed by atoms with Crippen LogP contribution >= 0.6 is 0 Å². The second-order valence-corrected chi connectivity index (χ2v) is 5.58. The summed E-state index contributed by atoms with van der Waals surface area (Å²) in [4.78, 5) is 7.38. The lowest BCUT2D eigenvalue weighted by Gasteiger charge is -2.40. The predicted molar refractivity (Wildman–Crippen MR) is 83.1 cm³/mol. The quantitative estimate of drug-likeness (QED) is 0.832. The van der Waals surface area contributed by atoms with E-state index in [-0.39, 0.29) is 0 Å². The molecule has 106 valence electrons. The highest BCUT2D eigenvalue weighted by molar-refractivity contribution is 5.17. The highest BCUT2D eigenvalue weighted by Gasteiger charge is 2.20. The van der Waals surface area contributed by atoms with E-state index < -0.39 is 0 Å². The van der Waals surface area contributed by atoms with E-state index in [4.69, 9.17) is 0 Å². The van der Waals surface area contributed by atoms with Crippen LogP contribution in [0, 0.1) is 0 Å². The van der Waals surface area contributed by atoms with Crippen molar-refractivity contribution in [2.75, 3.05) is 39.8 Å². The third kappa shape index (κ3) is 3.05. The van der Waals surface area contributed by atoms with Crippen molar-refractivity contribution >= 4 is 0 Å². The normalized spacial score (nSPS) is 20.1. The number of benzene rings is 1. The summed E-state index contributed by atoms with van der Waals surface area (Å²) in [7, 11) is 2.17. The van der Waals surface area contributed by atoms with Gasteiger partial charge in [0, 0.05) is 46.3 Å². The zero-order valence-electron chi connectivity index (χ0n) is 12.2. The monoisotopic (exact) mass is 269 g/mol. The van der Waals surface area contributed by atoms with Gasteiger partial charge in [-0.15, -0.1) is 0 Å². The average Bonchev–Trinajstić information content (AvgIpc) is 2.50. The molecular formula is C17H23N3. The smallest absolute Gasteiger partial charge is 0.104 e. The van der Waals surface area contributed by atoms with Crippen LogP contribution in [0.1, 0.15) is 5.56 Å². The van der Waals surface area contributed by atoms with Crippen molar-refractivity contribution in [2.45, 2.75) is 6.54 Å². The van der Waals surface area contributed by atoms with Gasteiger partial charge in [-0.1, -0.05) is 42.5 Å². The van der Waals surface area contributed by atoms with Crippen LogP contribution in [0.25, 0.3) is 0 Å². The minimum Gasteiger partial charge on any atom is -0.358 e. The number of piperazine rings is 1. The van der Waals surface area contributed by atoms with Gasteiger partial charge in [-0.05, 0) is 11.6 Å². The summed E-state index contributed by atoms with van der Waals surface area (Å²) in [5.41, 5.74) is 1.41. The molecular weight excluding hydrogens is 246 g/mol. The lowest BCUT2D eigenvalue weighted by Crippen LogP contribution is -2.48. The van der Waals surface area contributed by atoms with Crippen LogP contribution in [0.5, 0.6) is 0 Å². The van der Waals surface area contributed by atoms with E-state index in [2.05, 4.69) is 70.3 Å². The standard InChI is InChI=1S/C17H23N3/c1-18-10-6-5-9-17(18)20-13-11-19(12-14-20)15-16-7-3-2-4-8-16/h2-9H,10-15H2,1H3. The first kappa shape index (κ1) is 13.3. The summed E-state index contributed by atoms with van der Waals surface area (Å²) in [5, 5.41) is 0. The van der Waals surface area contributed by atoms with Gasteiger partial charge in [-0.3, -0.25) is 4.90 Å². The van der Waals surface area contributed by atoms with Crippen LogP contribution in [-0.4, -0.2) is 54.5 Å². The molecule has 0 aromatic heterocycles. The maximum Gasteiger partial charge on any atom is 0.104 e. The Morgan fingerprint density at radius 1 is 1.00 bits per heavy atom. The number of allylic oxidation sites excluding steroid dienone is 2. The molecule has 0 bridgehead atoms. The van der Waals surface area contributed by atoms with Gasteiger partial charge in [0.25, 0.3) is 0 Å². The SMILES string of the molecule is CN1CC=CC=C1N1CCN(Cc2ccccc2)CC1. The van der Waals surface area contributed by atoms with Gasteiger partial charge in [0.05, 0.1) is 0 Å². The van der Waals surface area contributed by atoms with Crippen LogP contribution in [0.4, 0.5) is 0 Å². The molecule has 2 aliphatic rings. The Kier molecular flexibility index (Phi) is 4.07. The zero-order valence-corrected chi connectivity index (χ0v) is 12.2. The highest BCUT2D eigenvalue weighted by Crippen LogP contribution is 2.16. The maximum absolute atomic E-state index is 2.55. The Balaban J connectivity index is 1.54. The van der Waals surface area contributed by atoms with E-state index in [1.54, 1.807) is 0 Å². The first-order valence-corrected chi connectivity index (χ1v) is 7.42. The maximum atomic E-state index is 2.55. The molecule has 1 aromatic rings. The van der Waals surface area contributed by atoms with Gasteiger partial charge in [-0.25, -0.2) is 0 Å². The first-order chi connectivity index (χ1) is 9.83. The molecule has 1 aromatic carbocycles. The minimum absolute atomic E-state index is 1.02. The molecule has 0 amide bonds. The molecule has 1 fully saturated rings. The summed E-state index contributed by atoms with van der Waals surface area (Å²) >= 11 is 0. The van der Waals surface area contributed by atoms with Gasteiger partial charge in [0.15, 0.2) is 0 Å². The van der Waals surface area contributed by atoms with Crippen LogP contribution in [0.15, 0.2) is 54.4 Å². The summed E-state index contributed by atoms with van der Waals surface area (Å²) in [5.74, 6) is 1.37. The molecule has 0 spiro atoms. The predicted octanol–water partition coefficient (Wildman–Crippen LogP) is 2.15. The fourth-order valence-electron chi connectivity index (χ4n) is 2.92. The zero-order chi connectivity index (χ0) is 13.8. The van der Waals surface area contributed by atoms with Crippen LogP contribution < -0.4 is 0 Å². The minimum atomic E-state index is 1.02. The molecule has 20 heavy (non-hydrogen) atoms. The molecule has 1 saturated heterocycles. The Labute approximate surface area is 121 Å². The molecule has 2 heterocycles. The second kappa shape index (κ2) is 6.14. The molecule has 3 heteroatoms. The average molecular weight is 269 g/mol. The van der Waals surface area contributed by atoms with Gasteiger partial charge in [-0.2, -0.15) is 0 Å². The van der Waals surface area contributed by atoms with Gasteiger partial charge in [0.1, 0.15) is 5.82 Å². The Hall–Kier alpha value is -1.74. The van der Waals surface area contributed by atoms with Gasteiger partial charge in [0.2, 0.25) is 0 Å². The summed E-state index contributed by atoms with van der Waals surface area (Å²) in [6.07, 6.45) is 6.61. The van der Waals surface area contributed by atoms with E-state index in [9.17, 15) is 0 Å².